The van der Waals surface area contributed by atoms with E-state index in [1.165, 1.54) is 0 Å². The van der Waals surface area contributed by atoms with Crippen LogP contribution in [0.25, 0.3) is 0 Å². The number of terminal acetylenes is 1. The molecule has 3 rings (SSSR count). The lowest BCUT2D eigenvalue weighted by Crippen LogP contribution is -2.10. The Morgan fingerprint density at radius 2 is 2.44 bits per heavy atom. The summed E-state index contributed by atoms with van der Waals surface area (Å²) in [4.78, 5) is 11.8. The molecule has 0 amide bonds. The van der Waals surface area contributed by atoms with Crippen LogP contribution in [-0.2, 0) is 9.53 Å². The van der Waals surface area contributed by atoms with Crippen LogP contribution in [0.1, 0.15) is 24.0 Å². The number of fused-ring (bicyclic) bond motifs is 3. The van der Waals surface area contributed by atoms with E-state index >= 15 is 0 Å². The van der Waals surface area contributed by atoms with Crippen LogP contribution in [0.5, 0.6) is 5.75 Å². The average molecular weight is 242 g/mol. The fraction of sp³-hybridized carbons (Fsp3) is 0.400. The number of ether oxygens (including phenoxy) is 2. The molecule has 18 heavy (non-hydrogen) atoms. The molecule has 0 N–H and O–H groups in total. The normalized spacial score (nSPS) is 27.2. The first-order valence-electron chi connectivity index (χ1n) is 6.16. The molecule has 1 aliphatic carbocycles. The molecule has 1 fully saturated rings. The summed E-state index contributed by atoms with van der Waals surface area (Å²) >= 11 is 0. The number of benzene rings is 1. The Balaban J connectivity index is 1.87. The Hall–Kier alpha value is -1.95. The van der Waals surface area contributed by atoms with Crippen molar-refractivity contribution in [3.05, 3.63) is 29.3 Å². The first-order valence-corrected chi connectivity index (χ1v) is 6.16. The average Bonchev–Trinajstić information content (AvgIpc) is 3.13. The molecule has 0 aromatic heterocycles. The fourth-order valence-corrected chi connectivity index (χ4v) is 2.78. The molecule has 0 radical (unpaired) electrons. The van der Waals surface area contributed by atoms with Crippen molar-refractivity contribution in [3.63, 3.8) is 0 Å². The van der Waals surface area contributed by atoms with Gasteiger partial charge in [0.1, 0.15) is 5.75 Å². The predicted octanol–water partition coefficient (Wildman–Crippen LogP) is 1.95. The third-order valence-corrected chi connectivity index (χ3v) is 3.70. The van der Waals surface area contributed by atoms with Gasteiger partial charge in [-0.15, -0.1) is 6.42 Å². The fourth-order valence-electron chi connectivity index (χ4n) is 2.78. The molecule has 1 aromatic rings. The van der Waals surface area contributed by atoms with Crippen LogP contribution >= 0.6 is 0 Å². The van der Waals surface area contributed by atoms with E-state index < -0.39 is 0 Å². The lowest BCUT2D eigenvalue weighted by molar-refractivity contribution is -0.145. The van der Waals surface area contributed by atoms with Crippen molar-refractivity contribution in [1.29, 1.82) is 0 Å². The Morgan fingerprint density at radius 3 is 3.17 bits per heavy atom. The summed E-state index contributed by atoms with van der Waals surface area (Å²) in [6.07, 6.45) is 5.36. The molecule has 3 atom stereocenters. The van der Waals surface area contributed by atoms with Crippen molar-refractivity contribution in [3.8, 4) is 18.1 Å². The number of hydrogen-bond acceptors (Lipinski definition) is 3. The second-order valence-corrected chi connectivity index (χ2v) is 4.68. The number of esters is 1. The van der Waals surface area contributed by atoms with Crippen molar-refractivity contribution in [2.24, 2.45) is 11.8 Å². The van der Waals surface area contributed by atoms with Crippen LogP contribution in [-0.4, -0.2) is 19.2 Å². The molecular weight excluding hydrogens is 228 g/mol. The molecule has 1 aromatic carbocycles. The number of carbonyl (C=O) groups excluding carboxylic acids is 1. The van der Waals surface area contributed by atoms with Crippen LogP contribution in [0.2, 0.25) is 0 Å². The Kier molecular flexibility index (Phi) is 2.52. The largest absolute Gasteiger partial charge is 0.493 e. The van der Waals surface area contributed by atoms with Gasteiger partial charge in [0.05, 0.1) is 19.1 Å². The highest BCUT2D eigenvalue weighted by Crippen LogP contribution is 2.59. The van der Waals surface area contributed by atoms with Gasteiger partial charge >= 0.3 is 5.97 Å². The topological polar surface area (TPSA) is 35.5 Å². The van der Waals surface area contributed by atoms with Crippen LogP contribution in [0.15, 0.2) is 18.2 Å². The van der Waals surface area contributed by atoms with Gasteiger partial charge < -0.3 is 9.47 Å². The summed E-state index contributed by atoms with van der Waals surface area (Å²) in [6.45, 7) is 2.83. The van der Waals surface area contributed by atoms with Crippen molar-refractivity contribution >= 4 is 5.97 Å². The lowest BCUT2D eigenvalue weighted by Gasteiger charge is -2.16. The van der Waals surface area contributed by atoms with E-state index in [2.05, 4.69) is 5.92 Å². The first kappa shape index (κ1) is 11.2. The zero-order valence-electron chi connectivity index (χ0n) is 10.2. The molecule has 2 aliphatic rings. The summed E-state index contributed by atoms with van der Waals surface area (Å²) in [7, 11) is 0. The molecule has 0 bridgehead atoms. The molecule has 0 saturated heterocycles. The molecule has 3 nitrogen and oxygen atoms in total. The Labute approximate surface area is 106 Å². The predicted molar refractivity (Wildman–Crippen MR) is 66.2 cm³/mol. The molecule has 92 valence electrons. The molecule has 1 aliphatic heterocycles. The van der Waals surface area contributed by atoms with Gasteiger partial charge in [0.2, 0.25) is 0 Å². The maximum absolute atomic E-state index is 11.8. The van der Waals surface area contributed by atoms with Gasteiger partial charge in [-0.1, -0.05) is 12.0 Å². The first-order chi connectivity index (χ1) is 8.76. The smallest absolute Gasteiger partial charge is 0.309 e. The highest BCUT2D eigenvalue weighted by Gasteiger charge is 2.59. The zero-order valence-corrected chi connectivity index (χ0v) is 10.2. The van der Waals surface area contributed by atoms with Gasteiger partial charge in [-0.25, -0.2) is 0 Å². The molecule has 0 unspecified atom stereocenters. The van der Waals surface area contributed by atoms with Crippen LogP contribution in [0.4, 0.5) is 0 Å². The summed E-state index contributed by atoms with van der Waals surface area (Å²) in [5.74, 6) is 3.78. The van der Waals surface area contributed by atoms with E-state index in [1.54, 1.807) is 0 Å². The van der Waals surface area contributed by atoms with E-state index in [9.17, 15) is 4.79 Å². The maximum atomic E-state index is 11.8. The maximum Gasteiger partial charge on any atom is 0.309 e. The van der Waals surface area contributed by atoms with Crippen LogP contribution in [0.3, 0.4) is 0 Å². The van der Waals surface area contributed by atoms with Crippen molar-refractivity contribution in [2.75, 3.05) is 13.2 Å². The molecule has 3 heteroatoms. The second-order valence-electron chi connectivity index (χ2n) is 4.68. The monoisotopic (exact) mass is 242 g/mol. The van der Waals surface area contributed by atoms with E-state index in [0.29, 0.717) is 13.2 Å². The number of carbonyl (C=O) groups is 1. The minimum atomic E-state index is -0.107. The lowest BCUT2D eigenvalue weighted by atomic mass is 10.0. The second kappa shape index (κ2) is 4.06. The van der Waals surface area contributed by atoms with Gasteiger partial charge in [0.25, 0.3) is 0 Å². The van der Waals surface area contributed by atoms with Crippen molar-refractivity contribution in [1.82, 2.24) is 0 Å². The minimum Gasteiger partial charge on any atom is -0.493 e. The molecular formula is C15H14O3. The molecule has 1 saturated carbocycles. The standard InChI is InChI=1S/C15H14O3/c1-3-9-5-6-10-12(7-9)18-8-11-13(10)14(11)15(16)17-4-2/h1,5-7,11,13-14H,4,8H2,2H3/t11-,13+,14-/m1/s1. The third kappa shape index (κ3) is 1.57. The van der Waals surface area contributed by atoms with Gasteiger partial charge in [0, 0.05) is 17.4 Å². The third-order valence-electron chi connectivity index (χ3n) is 3.70. The summed E-state index contributed by atoms with van der Waals surface area (Å²) < 4.78 is 10.8. The number of rotatable bonds is 2. The summed E-state index contributed by atoms with van der Waals surface area (Å²) in [5, 5.41) is 0. The number of hydrogen-bond donors (Lipinski definition) is 0. The summed E-state index contributed by atoms with van der Waals surface area (Å²) in [5.41, 5.74) is 1.89. The van der Waals surface area contributed by atoms with Gasteiger partial charge in [0.15, 0.2) is 0 Å². The highest BCUT2D eigenvalue weighted by atomic mass is 16.5. The molecule has 0 spiro atoms. The molecule has 1 heterocycles. The Bertz CT molecular complexity index is 541. The summed E-state index contributed by atoms with van der Waals surface area (Å²) in [6, 6.07) is 5.73. The van der Waals surface area contributed by atoms with Gasteiger partial charge in [-0.05, 0) is 24.6 Å². The van der Waals surface area contributed by atoms with Crippen molar-refractivity contribution < 1.29 is 14.3 Å². The van der Waals surface area contributed by atoms with Crippen LogP contribution in [0, 0.1) is 24.2 Å². The Morgan fingerprint density at radius 1 is 1.61 bits per heavy atom. The van der Waals surface area contributed by atoms with Gasteiger partial charge in [-0.2, -0.15) is 0 Å². The minimum absolute atomic E-state index is 0.0390. The van der Waals surface area contributed by atoms with E-state index in [-0.39, 0.29) is 23.7 Å². The quantitative estimate of drug-likeness (QED) is 0.587. The van der Waals surface area contributed by atoms with Gasteiger partial charge in [-0.3, -0.25) is 4.79 Å². The van der Waals surface area contributed by atoms with E-state index in [0.717, 1.165) is 16.9 Å². The zero-order chi connectivity index (χ0) is 12.7. The highest BCUT2D eigenvalue weighted by molar-refractivity contribution is 5.79. The SMILES string of the molecule is C#Cc1ccc2c(c1)OC[C@H]1[C@@H](C(=O)OCC)[C@@H]21. The van der Waals surface area contributed by atoms with E-state index in [4.69, 9.17) is 15.9 Å². The van der Waals surface area contributed by atoms with Crippen molar-refractivity contribution in [2.45, 2.75) is 12.8 Å². The van der Waals surface area contributed by atoms with E-state index in [1.807, 2.05) is 25.1 Å². The van der Waals surface area contributed by atoms with Crippen LogP contribution < -0.4 is 4.74 Å².